The van der Waals surface area contributed by atoms with Crippen molar-refractivity contribution in [3.05, 3.63) is 48.0 Å². The van der Waals surface area contributed by atoms with Crippen LogP contribution >= 0.6 is 0 Å². The van der Waals surface area contributed by atoms with Crippen LogP contribution in [-0.4, -0.2) is 60.0 Å². The van der Waals surface area contributed by atoms with Gasteiger partial charge in [-0.15, -0.1) is 0 Å². The Bertz CT molecular complexity index is 1140. The lowest BCUT2D eigenvalue weighted by Gasteiger charge is -2.23. The lowest BCUT2D eigenvalue weighted by molar-refractivity contribution is -0.137. The molecule has 0 aliphatic rings. The van der Waals surface area contributed by atoms with Crippen LogP contribution < -0.4 is 9.04 Å². The first-order valence-corrected chi connectivity index (χ1v) is 12.2. The Labute approximate surface area is 183 Å². The van der Waals surface area contributed by atoms with Crippen LogP contribution in [0.1, 0.15) is 18.4 Å². The van der Waals surface area contributed by atoms with E-state index in [2.05, 4.69) is 0 Å². The van der Waals surface area contributed by atoms with E-state index in [1.807, 2.05) is 6.92 Å². The third kappa shape index (κ3) is 5.54. The van der Waals surface area contributed by atoms with Crippen LogP contribution in [0, 0.1) is 6.92 Å². The number of carboxylic acid groups (broad SMARTS) is 1. The topological polar surface area (TPSA) is 121 Å². The Morgan fingerprint density at radius 1 is 0.968 bits per heavy atom. The minimum atomic E-state index is -3.97. The van der Waals surface area contributed by atoms with Gasteiger partial charge in [-0.05, 0) is 43.7 Å². The van der Waals surface area contributed by atoms with Gasteiger partial charge < -0.3 is 9.84 Å². The predicted octanol–water partition coefficient (Wildman–Crippen LogP) is 2.31. The molecule has 0 unspecified atom stereocenters. The van der Waals surface area contributed by atoms with Crippen molar-refractivity contribution in [1.29, 1.82) is 0 Å². The third-order valence-corrected chi connectivity index (χ3v) is 8.38. The third-order valence-electron chi connectivity index (χ3n) is 4.74. The Kier molecular flexibility index (Phi) is 7.68. The van der Waals surface area contributed by atoms with E-state index in [9.17, 15) is 21.6 Å². The van der Waals surface area contributed by atoms with Crippen molar-refractivity contribution in [2.75, 3.05) is 32.1 Å². The zero-order valence-electron chi connectivity index (χ0n) is 17.8. The van der Waals surface area contributed by atoms with Crippen LogP contribution in [0.3, 0.4) is 0 Å². The highest BCUT2D eigenvalue weighted by Crippen LogP contribution is 2.34. The first kappa shape index (κ1) is 24.6. The second kappa shape index (κ2) is 9.67. The van der Waals surface area contributed by atoms with Crippen LogP contribution in [0.25, 0.3) is 0 Å². The summed E-state index contributed by atoms with van der Waals surface area (Å²) in [6, 6.07) is 10.2. The Balaban J connectivity index is 2.43. The highest BCUT2D eigenvalue weighted by molar-refractivity contribution is 7.92. The summed E-state index contributed by atoms with van der Waals surface area (Å²) < 4.78 is 59.2. The number of carbonyl (C=O) groups is 1. The van der Waals surface area contributed by atoms with Crippen molar-refractivity contribution in [2.24, 2.45) is 0 Å². The molecule has 31 heavy (non-hydrogen) atoms. The Hall–Kier alpha value is -2.63. The Morgan fingerprint density at radius 2 is 1.55 bits per heavy atom. The highest BCUT2D eigenvalue weighted by atomic mass is 32.2. The molecule has 0 aliphatic carbocycles. The van der Waals surface area contributed by atoms with E-state index < -0.39 is 26.0 Å². The van der Waals surface area contributed by atoms with Crippen molar-refractivity contribution in [3.8, 4) is 5.75 Å². The highest BCUT2D eigenvalue weighted by Gasteiger charge is 2.27. The molecule has 0 aliphatic heterocycles. The smallest absolute Gasteiger partial charge is 0.303 e. The zero-order chi connectivity index (χ0) is 23.4. The van der Waals surface area contributed by atoms with Gasteiger partial charge in [0.25, 0.3) is 10.0 Å². The quantitative estimate of drug-likeness (QED) is 0.565. The molecule has 0 fully saturated rings. The van der Waals surface area contributed by atoms with Crippen LogP contribution in [-0.2, 0) is 24.8 Å². The van der Waals surface area contributed by atoms with Gasteiger partial charge in [-0.3, -0.25) is 9.10 Å². The molecular weight excluding hydrogens is 444 g/mol. The van der Waals surface area contributed by atoms with Gasteiger partial charge in [0, 0.05) is 27.1 Å². The molecule has 0 aromatic heterocycles. The molecule has 9 nitrogen and oxygen atoms in total. The summed E-state index contributed by atoms with van der Waals surface area (Å²) in [5.41, 5.74) is 0.960. The largest absolute Gasteiger partial charge is 0.495 e. The summed E-state index contributed by atoms with van der Waals surface area (Å²) in [6.45, 7) is 1.85. The van der Waals surface area contributed by atoms with Gasteiger partial charge in [0.2, 0.25) is 10.0 Å². The van der Waals surface area contributed by atoms with Crippen LogP contribution in [0.2, 0.25) is 0 Å². The lowest BCUT2D eigenvalue weighted by atomic mass is 10.2. The van der Waals surface area contributed by atoms with Gasteiger partial charge in [0.1, 0.15) is 5.75 Å². The van der Waals surface area contributed by atoms with E-state index in [0.29, 0.717) is 0 Å². The fourth-order valence-electron chi connectivity index (χ4n) is 2.83. The van der Waals surface area contributed by atoms with E-state index >= 15 is 0 Å². The summed E-state index contributed by atoms with van der Waals surface area (Å²) in [7, 11) is -3.92. The Morgan fingerprint density at radius 3 is 2.10 bits per heavy atom. The minimum absolute atomic E-state index is 0.00744. The molecule has 0 bridgehead atoms. The molecule has 170 valence electrons. The van der Waals surface area contributed by atoms with Crippen molar-refractivity contribution in [1.82, 2.24) is 4.31 Å². The SMILES string of the molecule is COc1ccc(S(=O)(=O)N(C)CCCC(=O)O)cc1N(C)S(=O)(=O)c1ccc(C)cc1. The van der Waals surface area contributed by atoms with Gasteiger partial charge in [-0.2, -0.15) is 0 Å². The molecule has 0 atom stereocenters. The molecule has 0 saturated carbocycles. The molecule has 2 rings (SSSR count). The predicted molar refractivity (Wildman–Crippen MR) is 116 cm³/mol. The summed E-state index contributed by atoms with van der Waals surface area (Å²) in [6.07, 6.45) is -0.0129. The maximum absolute atomic E-state index is 13.1. The monoisotopic (exact) mass is 470 g/mol. The first-order valence-electron chi connectivity index (χ1n) is 9.33. The number of aryl methyl sites for hydroxylation is 1. The van der Waals surface area contributed by atoms with E-state index in [1.165, 1.54) is 51.5 Å². The molecule has 1 N–H and O–H groups in total. The van der Waals surface area contributed by atoms with Crippen molar-refractivity contribution >= 4 is 31.7 Å². The number of carboxylic acids is 1. The second-order valence-electron chi connectivity index (χ2n) is 6.94. The fraction of sp³-hybridized carbons (Fsp3) is 0.350. The molecule has 0 heterocycles. The van der Waals surface area contributed by atoms with E-state index in [1.54, 1.807) is 12.1 Å². The van der Waals surface area contributed by atoms with Crippen molar-refractivity contribution in [2.45, 2.75) is 29.6 Å². The molecule has 2 aromatic rings. The summed E-state index contributed by atoms with van der Waals surface area (Å²) in [4.78, 5) is 10.6. The molecule has 0 radical (unpaired) electrons. The standard InChI is InChI=1S/C20H26N2O7S2/c1-15-7-9-16(10-8-15)31(27,28)22(3)18-14-17(11-12-19(18)29-4)30(25,26)21(2)13-5-6-20(23)24/h7-12,14H,5-6,13H2,1-4H3,(H,23,24). The molecule has 0 saturated heterocycles. The van der Waals surface area contributed by atoms with Gasteiger partial charge in [0.05, 0.1) is 22.6 Å². The van der Waals surface area contributed by atoms with Gasteiger partial charge in [-0.1, -0.05) is 17.7 Å². The minimum Gasteiger partial charge on any atom is -0.495 e. The average molecular weight is 471 g/mol. The summed E-state index contributed by atoms with van der Waals surface area (Å²) in [5.74, 6) is -0.828. The maximum atomic E-state index is 13.1. The number of nitrogens with zero attached hydrogens (tertiary/aromatic N) is 2. The zero-order valence-corrected chi connectivity index (χ0v) is 19.4. The number of ether oxygens (including phenoxy) is 1. The molecule has 0 amide bonds. The second-order valence-corrected chi connectivity index (χ2v) is 11.0. The number of hydrogen-bond donors (Lipinski definition) is 1. The fourth-order valence-corrected chi connectivity index (χ4v) is 5.26. The maximum Gasteiger partial charge on any atom is 0.303 e. The van der Waals surface area contributed by atoms with Crippen molar-refractivity contribution < 1.29 is 31.5 Å². The van der Waals surface area contributed by atoms with Gasteiger partial charge in [0.15, 0.2) is 0 Å². The number of methoxy groups -OCH3 is 1. The van der Waals surface area contributed by atoms with Crippen LogP contribution in [0.5, 0.6) is 5.75 Å². The first-order chi connectivity index (χ1) is 14.4. The number of sulfonamides is 2. The van der Waals surface area contributed by atoms with E-state index in [-0.39, 0.29) is 40.6 Å². The number of hydrogen-bond acceptors (Lipinski definition) is 6. The summed E-state index contributed by atoms with van der Waals surface area (Å²) in [5, 5.41) is 8.74. The average Bonchev–Trinajstić information content (AvgIpc) is 2.72. The van der Waals surface area contributed by atoms with Crippen LogP contribution in [0.4, 0.5) is 5.69 Å². The molecule has 11 heteroatoms. The number of benzene rings is 2. The van der Waals surface area contributed by atoms with Gasteiger partial charge in [-0.25, -0.2) is 21.1 Å². The number of aliphatic carboxylic acids is 1. The van der Waals surface area contributed by atoms with Crippen LogP contribution in [0.15, 0.2) is 52.3 Å². The molecule has 2 aromatic carbocycles. The summed E-state index contributed by atoms with van der Waals surface area (Å²) >= 11 is 0. The normalized spacial score (nSPS) is 12.0. The van der Waals surface area contributed by atoms with Crippen molar-refractivity contribution in [3.63, 3.8) is 0 Å². The van der Waals surface area contributed by atoms with E-state index in [0.717, 1.165) is 14.2 Å². The molecular formula is C20H26N2O7S2. The van der Waals surface area contributed by atoms with Gasteiger partial charge >= 0.3 is 5.97 Å². The number of anilines is 1. The lowest BCUT2D eigenvalue weighted by Crippen LogP contribution is -2.30. The van der Waals surface area contributed by atoms with E-state index in [4.69, 9.17) is 9.84 Å². The molecule has 0 spiro atoms. The number of rotatable bonds is 10.